The van der Waals surface area contributed by atoms with Crippen molar-refractivity contribution in [3.05, 3.63) is 69.8 Å². The number of aromatic nitrogens is 2. The summed E-state index contributed by atoms with van der Waals surface area (Å²) in [5.41, 5.74) is 2.02. The van der Waals surface area contributed by atoms with Crippen molar-refractivity contribution in [2.75, 3.05) is 31.4 Å². The maximum absolute atomic E-state index is 13.2. The van der Waals surface area contributed by atoms with E-state index in [1.165, 1.54) is 23.1 Å². The van der Waals surface area contributed by atoms with Crippen LogP contribution < -0.4 is 25.1 Å². The van der Waals surface area contributed by atoms with E-state index < -0.39 is 0 Å². The summed E-state index contributed by atoms with van der Waals surface area (Å²) in [5.74, 6) is 1.86. The first-order chi connectivity index (χ1) is 16.6. The molecule has 0 saturated heterocycles. The van der Waals surface area contributed by atoms with Crippen LogP contribution in [0.3, 0.4) is 0 Å². The lowest BCUT2D eigenvalue weighted by atomic mass is 10.2. The van der Waals surface area contributed by atoms with Crippen LogP contribution in [0.5, 0.6) is 17.2 Å². The molecule has 1 aliphatic heterocycles. The molecule has 0 spiro atoms. The van der Waals surface area contributed by atoms with Crippen LogP contribution in [0.15, 0.2) is 63.9 Å². The zero-order valence-electron chi connectivity index (χ0n) is 18.3. The van der Waals surface area contributed by atoms with Crippen LogP contribution in [0.25, 0.3) is 10.2 Å². The predicted octanol–water partition coefficient (Wildman–Crippen LogP) is 4.02. The van der Waals surface area contributed by atoms with E-state index >= 15 is 0 Å². The van der Waals surface area contributed by atoms with Crippen LogP contribution in [0.4, 0.5) is 5.69 Å². The molecule has 5 rings (SSSR count). The summed E-state index contributed by atoms with van der Waals surface area (Å²) in [6.45, 7) is 1.30. The van der Waals surface area contributed by atoms with E-state index in [2.05, 4.69) is 10.3 Å². The third-order valence-corrected chi connectivity index (χ3v) is 7.03. The first-order valence-corrected chi connectivity index (χ1v) is 12.4. The maximum Gasteiger partial charge on any atom is 0.272 e. The molecule has 34 heavy (non-hydrogen) atoms. The molecule has 4 aromatic rings. The smallest absolute Gasteiger partial charge is 0.272 e. The number of ether oxygens (including phenoxy) is 3. The summed E-state index contributed by atoms with van der Waals surface area (Å²) < 4.78 is 18.6. The monoisotopic (exact) mass is 495 g/mol. The van der Waals surface area contributed by atoms with Crippen LogP contribution in [0, 0.1) is 0 Å². The lowest BCUT2D eigenvalue weighted by Crippen LogP contribution is -2.24. The number of amides is 1. The highest BCUT2D eigenvalue weighted by atomic mass is 32.2. The number of thiophene rings is 1. The first kappa shape index (κ1) is 22.3. The number of carbonyl (C=O) groups is 1. The molecule has 2 aromatic heterocycles. The van der Waals surface area contributed by atoms with Crippen LogP contribution in [-0.4, -0.2) is 41.5 Å². The van der Waals surface area contributed by atoms with Crippen molar-refractivity contribution in [2.45, 2.75) is 11.7 Å². The quantitative estimate of drug-likeness (QED) is 0.306. The molecule has 0 fully saturated rings. The molecule has 10 heteroatoms. The fraction of sp³-hybridized carbons (Fsp3) is 0.208. The van der Waals surface area contributed by atoms with Crippen molar-refractivity contribution >= 4 is 44.9 Å². The summed E-state index contributed by atoms with van der Waals surface area (Å²) in [5, 5.41) is 5.20. The Hall–Kier alpha value is -3.50. The number of nitrogens with one attached hydrogen (secondary N) is 1. The van der Waals surface area contributed by atoms with Crippen molar-refractivity contribution < 1.29 is 19.0 Å². The third-order valence-electron chi connectivity index (χ3n) is 5.16. The fourth-order valence-electron chi connectivity index (χ4n) is 3.57. The van der Waals surface area contributed by atoms with Gasteiger partial charge in [0.1, 0.15) is 23.7 Å². The van der Waals surface area contributed by atoms with Crippen molar-refractivity contribution in [3.8, 4) is 17.2 Å². The highest BCUT2D eigenvalue weighted by molar-refractivity contribution is 7.99. The van der Waals surface area contributed by atoms with Crippen molar-refractivity contribution in [1.82, 2.24) is 9.55 Å². The first-order valence-electron chi connectivity index (χ1n) is 10.5. The van der Waals surface area contributed by atoms with E-state index in [0.29, 0.717) is 58.1 Å². The maximum atomic E-state index is 13.2. The van der Waals surface area contributed by atoms with Gasteiger partial charge in [-0.2, -0.15) is 0 Å². The Kier molecular flexibility index (Phi) is 6.41. The number of carbonyl (C=O) groups excluding carboxylic acids is 1. The highest BCUT2D eigenvalue weighted by Crippen LogP contribution is 2.32. The number of methoxy groups -OCH3 is 1. The Balaban J connectivity index is 1.35. The molecule has 0 aliphatic carbocycles. The molecule has 1 amide bonds. The number of thioether (sulfide) groups is 1. The van der Waals surface area contributed by atoms with Gasteiger partial charge >= 0.3 is 0 Å². The van der Waals surface area contributed by atoms with E-state index in [-0.39, 0.29) is 17.2 Å². The minimum absolute atomic E-state index is 0.0919. The SMILES string of the molecule is COc1cccc(Cn2c(SCC(=O)Nc3ccc4c(c3)OCCO4)nc3ccsc3c2=O)c1. The molecule has 8 nitrogen and oxygen atoms in total. The molecule has 1 aliphatic rings. The van der Waals surface area contributed by atoms with Gasteiger partial charge in [0, 0.05) is 11.8 Å². The zero-order chi connectivity index (χ0) is 23.5. The Labute approximate surface area is 203 Å². The summed E-state index contributed by atoms with van der Waals surface area (Å²) in [6.07, 6.45) is 0. The van der Waals surface area contributed by atoms with Gasteiger partial charge in [0.15, 0.2) is 16.7 Å². The Morgan fingerprint density at radius 2 is 2.03 bits per heavy atom. The predicted molar refractivity (Wildman–Crippen MR) is 133 cm³/mol. The number of hydrogen-bond donors (Lipinski definition) is 1. The number of fused-ring (bicyclic) bond motifs is 2. The lowest BCUT2D eigenvalue weighted by molar-refractivity contribution is -0.113. The Bertz CT molecular complexity index is 1420. The van der Waals surface area contributed by atoms with Gasteiger partial charge in [-0.25, -0.2) is 4.98 Å². The number of benzene rings is 2. The average molecular weight is 496 g/mol. The molecular weight excluding hydrogens is 474 g/mol. The van der Waals surface area contributed by atoms with Crippen LogP contribution in [0.1, 0.15) is 5.56 Å². The van der Waals surface area contributed by atoms with E-state index in [4.69, 9.17) is 14.2 Å². The molecular formula is C24H21N3O5S2. The molecule has 3 heterocycles. The van der Waals surface area contributed by atoms with Gasteiger partial charge in [-0.1, -0.05) is 23.9 Å². The van der Waals surface area contributed by atoms with Crippen LogP contribution in [-0.2, 0) is 11.3 Å². The van der Waals surface area contributed by atoms with Gasteiger partial charge in [0.05, 0.1) is 24.9 Å². The number of rotatable bonds is 7. The van der Waals surface area contributed by atoms with E-state index in [0.717, 1.165) is 5.56 Å². The van der Waals surface area contributed by atoms with Crippen molar-refractivity contribution in [1.29, 1.82) is 0 Å². The summed E-state index contributed by atoms with van der Waals surface area (Å²) in [4.78, 5) is 30.5. The zero-order valence-corrected chi connectivity index (χ0v) is 19.9. The largest absolute Gasteiger partial charge is 0.497 e. The second-order valence-electron chi connectivity index (χ2n) is 7.47. The van der Waals surface area contributed by atoms with Gasteiger partial charge < -0.3 is 19.5 Å². The van der Waals surface area contributed by atoms with E-state index in [9.17, 15) is 9.59 Å². The van der Waals surface area contributed by atoms with E-state index in [1.54, 1.807) is 29.9 Å². The molecule has 0 unspecified atom stereocenters. The molecule has 0 radical (unpaired) electrons. The van der Waals surface area contributed by atoms with Gasteiger partial charge in [-0.05, 0) is 41.3 Å². The number of nitrogens with zero attached hydrogens (tertiary/aromatic N) is 2. The molecule has 0 bridgehead atoms. The Morgan fingerprint density at radius 1 is 1.18 bits per heavy atom. The minimum atomic E-state index is -0.214. The lowest BCUT2D eigenvalue weighted by Gasteiger charge is -2.19. The van der Waals surface area contributed by atoms with Crippen molar-refractivity contribution in [3.63, 3.8) is 0 Å². The molecule has 174 valence electrons. The second kappa shape index (κ2) is 9.78. The van der Waals surface area contributed by atoms with Crippen LogP contribution >= 0.6 is 23.1 Å². The molecule has 2 aromatic carbocycles. The standard InChI is InChI=1S/C24H21N3O5S2/c1-30-17-4-2-3-15(11-17)13-27-23(29)22-18(7-10-33-22)26-24(27)34-14-21(28)25-16-5-6-19-20(12-16)32-9-8-31-19/h2-7,10-12H,8-9,13-14H2,1H3,(H,25,28). The molecule has 0 atom stereocenters. The molecule has 0 saturated carbocycles. The average Bonchev–Trinajstić information content (AvgIpc) is 3.34. The normalized spacial score (nSPS) is 12.5. The summed E-state index contributed by atoms with van der Waals surface area (Å²) in [7, 11) is 1.60. The molecule has 1 N–H and O–H groups in total. The number of anilines is 1. The van der Waals surface area contributed by atoms with Gasteiger partial charge in [0.25, 0.3) is 5.56 Å². The third kappa shape index (κ3) is 4.73. The van der Waals surface area contributed by atoms with Gasteiger partial charge in [-0.3, -0.25) is 14.2 Å². The van der Waals surface area contributed by atoms with E-state index in [1.807, 2.05) is 35.7 Å². The summed E-state index contributed by atoms with van der Waals surface area (Å²) in [6, 6.07) is 14.6. The fourth-order valence-corrected chi connectivity index (χ4v) is 5.15. The second-order valence-corrected chi connectivity index (χ2v) is 9.33. The topological polar surface area (TPSA) is 91.7 Å². The van der Waals surface area contributed by atoms with Crippen molar-refractivity contribution in [2.24, 2.45) is 0 Å². The highest BCUT2D eigenvalue weighted by Gasteiger charge is 2.16. The van der Waals surface area contributed by atoms with Gasteiger partial charge in [-0.15, -0.1) is 11.3 Å². The van der Waals surface area contributed by atoms with Crippen LogP contribution in [0.2, 0.25) is 0 Å². The Morgan fingerprint density at radius 3 is 2.88 bits per heavy atom. The minimum Gasteiger partial charge on any atom is -0.497 e. The summed E-state index contributed by atoms with van der Waals surface area (Å²) >= 11 is 2.58. The number of hydrogen-bond acceptors (Lipinski definition) is 8. The van der Waals surface area contributed by atoms with Gasteiger partial charge in [0.2, 0.25) is 5.91 Å².